The first-order valence-electron chi connectivity index (χ1n) is 6.49. The monoisotopic (exact) mass is 277 g/mol. The van der Waals surface area contributed by atoms with Crippen LogP contribution in [0.1, 0.15) is 18.1 Å². The van der Waals surface area contributed by atoms with Gasteiger partial charge < -0.3 is 10.0 Å². The second-order valence-corrected chi connectivity index (χ2v) is 4.76. The van der Waals surface area contributed by atoms with Gasteiger partial charge in [0.25, 0.3) is 0 Å². The number of aromatic hydroxyl groups is 1. The number of rotatable bonds is 4. The maximum Gasteiger partial charge on any atom is 0.187 e. The summed E-state index contributed by atoms with van der Waals surface area (Å²) in [5.74, 6) is -2.78. The van der Waals surface area contributed by atoms with E-state index in [1.54, 1.807) is 0 Å². The molecule has 0 aliphatic rings. The molecule has 2 aromatic rings. The molecule has 0 bridgehead atoms. The Balaban J connectivity index is 2.27. The van der Waals surface area contributed by atoms with Gasteiger partial charge in [-0.15, -0.1) is 0 Å². The molecule has 0 aliphatic heterocycles. The minimum atomic E-state index is -0.930. The van der Waals surface area contributed by atoms with Crippen LogP contribution in [0.3, 0.4) is 0 Å². The summed E-state index contributed by atoms with van der Waals surface area (Å²) < 4.78 is 26.7. The van der Waals surface area contributed by atoms with Crippen molar-refractivity contribution >= 4 is 5.69 Å². The van der Waals surface area contributed by atoms with Crippen LogP contribution < -0.4 is 4.90 Å². The molecule has 4 heteroatoms. The number of nitrogens with zero attached hydrogens (tertiary/aromatic N) is 1. The Morgan fingerprint density at radius 2 is 1.75 bits per heavy atom. The van der Waals surface area contributed by atoms with Gasteiger partial charge in [0.05, 0.1) is 0 Å². The molecule has 0 unspecified atom stereocenters. The van der Waals surface area contributed by atoms with Crippen molar-refractivity contribution in [3.63, 3.8) is 0 Å². The smallest absolute Gasteiger partial charge is 0.187 e. The Bertz CT molecular complexity index is 590. The Kier molecular flexibility index (Phi) is 4.23. The lowest BCUT2D eigenvalue weighted by atomic mass is 10.1. The summed E-state index contributed by atoms with van der Waals surface area (Å²) in [6, 6.07) is 10.3. The fourth-order valence-electron chi connectivity index (χ4n) is 2.14. The first kappa shape index (κ1) is 14.3. The Morgan fingerprint density at radius 1 is 1.10 bits per heavy atom. The summed E-state index contributed by atoms with van der Waals surface area (Å²) in [5, 5.41) is 9.11. The number of phenolic OH excluding ortho intramolecular Hbond substituents is 1. The number of hydrogen-bond donors (Lipinski definition) is 1. The second kappa shape index (κ2) is 5.90. The lowest BCUT2D eigenvalue weighted by Gasteiger charge is -2.23. The van der Waals surface area contributed by atoms with Crippen molar-refractivity contribution in [2.45, 2.75) is 20.4 Å². The fraction of sp³-hybridized carbons (Fsp3) is 0.250. The first-order chi connectivity index (χ1) is 9.51. The van der Waals surface area contributed by atoms with E-state index in [0.717, 1.165) is 23.4 Å². The SMILES string of the molecule is CCN(Cc1cc(F)c(O)c(F)c1)c1cccc(C)c1. The van der Waals surface area contributed by atoms with E-state index in [2.05, 4.69) is 0 Å². The summed E-state index contributed by atoms with van der Waals surface area (Å²) >= 11 is 0. The van der Waals surface area contributed by atoms with Gasteiger partial charge in [-0.2, -0.15) is 0 Å². The third-order valence-corrected chi connectivity index (χ3v) is 3.20. The molecule has 0 saturated heterocycles. The van der Waals surface area contributed by atoms with Crippen molar-refractivity contribution in [1.29, 1.82) is 0 Å². The number of halogens is 2. The topological polar surface area (TPSA) is 23.5 Å². The average Bonchev–Trinajstić information content (AvgIpc) is 2.42. The predicted octanol–water partition coefficient (Wildman–Crippen LogP) is 4.01. The van der Waals surface area contributed by atoms with Crippen LogP contribution in [-0.4, -0.2) is 11.7 Å². The highest BCUT2D eigenvalue weighted by molar-refractivity contribution is 5.49. The van der Waals surface area contributed by atoms with E-state index in [0.29, 0.717) is 18.7 Å². The highest BCUT2D eigenvalue weighted by atomic mass is 19.1. The van der Waals surface area contributed by atoms with Gasteiger partial charge >= 0.3 is 0 Å². The Hall–Kier alpha value is -2.10. The highest BCUT2D eigenvalue weighted by Crippen LogP contribution is 2.24. The van der Waals surface area contributed by atoms with Crippen molar-refractivity contribution in [1.82, 2.24) is 0 Å². The van der Waals surface area contributed by atoms with Crippen molar-refractivity contribution in [2.75, 3.05) is 11.4 Å². The summed E-state index contributed by atoms with van der Waals surface area (Å²) in [5.41, 5.74) is 2.62. The van der Waals surface area contributed by atoms with Crippen LogP contribution in [0.5, 0.6) is 5.75 Å². The molecule has 2 rings (SSSR count). The van der Waals surface area contributed by atoms with Gasteiger partial charge in [-0.1, -0.05) is 12.1 Å². The largest absolute Gasteiger partial charge is 0.503 e. The van der Waals surface area contributed by atoms with Gasteiger partial charge in [0.1, 0.15) is 0 Å². The minimum Gasteiger partial charge on any atom is -0.503 e. The molecule has 2 aromatic carbocycles. The third-order valence-electron chi connectivity index (χ3n) is 3.20. The van der Waals surface area contributed by atoms with Crippen molar-refractivity contribution in [3.05, 3.63) is 59.2 Å². The number of aryl methyl sites for hydroxylation is 1. The molecule has 0 radical (unpaired) electrons. The molecule has 0 aliphatic carbocycles. The summed E-state index contributed by atoms with van der Waals surface area (Å²) in [6.07, 6.45) is 0. The van der Waals surface area contributed by atoms with E-state index in [9.17, 15) is 8.78 Å². The minimum absolute atomic E-state index is 0.383. The van der Waals surface area contributed by atoms with E-state index < -0.39 is 17.4 Å². The van der Waals surface area contributed by atoms with Crippen molar-refractivity contribution < 1.29 is 13.9 Å². The molecule has 1 N–H and O–H groups in total. The van der Waals surface area contributed by atoms with E-state index in [1.807, 2.05) is 43.0 Å². The van der Waals surface area contributed by atoms with Crippen LogP contribution in [0.4, 0.5) is 14.5 Å². The van der Waals surface area contributed by atoms with Gasteiger partial charge in [0.15, 0.2) is 17.4 Å². The van der Waals surface area contributed by atoms with Gasteiger partial charge in [-0.25, -0.2) is 8.78 Å². The summed E-state index contributed by atoms with van der Waals surface area (Å²) in [7, 11) is 0. The average molecular weight is 277 g/mol. The van der Waals surface area contributed by atoms with E-state index in [4.69, 9.17) is 5.11 Å². The molecule has 0 amide bonds. The van der Waals surface area contributed by atoms with Gasteiger partial charge in [-0.3, -0.25) is 0 Å². The lowest BCUT2D eigenvalue weighted by Crippen LogP contribution is -2.22. The molecule has 20 heavy (non-hydrogen) atoms. The zero-order valence-electron chi connectivity index (χ0n) is 11.5. The molecule has 0 fully saturated rings. The standard InChI is InChI=1S/C16H17F2NO/c1-3-19(13-6-4-5-11(2)7-13)10-12-8-14(17)16(20)15(18)9-12/h4-9,20H,3,10H2,1-2H3. The second-order valence-electron chi connectivity index (χ2n) is 4.76. The predicted molar refractivity (Wildman–Crippen MR) is 75.9 cm³/mol. The third kappa shape index (κ3) is 3.07. The molecule has 0 spiro atoms. The molecule has 2 nitrogen and oxygen atoms in total. The van der Waals surface area contributed by atoms with E-state index in [-0.39, 0.29) is 0 Å². The van der Waals surface area contributed by atoms with Gasteiger partial charge in [0, 0.05) is 18.8 Å². The maximum absolute atomic E-state index is 13.4. The molecular formula is C16H17F2NO. The number of phenols is 1. The molecule has 0 heterocycles. The first-order valence-corrected chi connectivity index (χ1v) is 6.49. The maximum atomic E-state index is 13.4. The molecule has 106 valence electrons. The van der Waals surface area contributed by atoms with Crippen LogP contribution in [0.15, 0.2) is 36.4 Å². The van der Waals surface area contributed by atoms with Crippen LogP contribution in [-0.2, 0) is 6.54 Å². The molecule has 0 saturated carbocycles. The Morgan fingerprint density at radius 3 is 2.30 bits per heavy atom. The number of hydrogen-bond acceptors (Lipinski definition) is 2. The highest BCUT2D eigenvalue weighted by Gasteiger charge is 2.12. The van der Waals surface area contributed by atoms with Crippen LogP contribution in [0.25, 0.3) is 0 Å². The zero-order chi connectivity index (χ0) is 14.7. The summed E-state index contributed by atoms with van der Waals surface area (Å²) in [6.45, 7) is 5.08. The van der Waals surface area contributed by atoms with E-state index in [1.165, 1.54) is 0 Å². The van der Waals surface area contributed by atoms with Crippen molar-refractivity contribution in [2.24, 2.45) is 0 Å². The normalized spacial score (nSPS) is 10.6. The fourth-order valence-corrected chi connectivity index (χ4v) is 2.14. The zero-order valence-corrected chi connectivity index (χ0v) is 11.5. The Labute approximate surface area is 117 Å². The number of anilines is 1. The van der Waals surface area contributed by atoms with Crippen LogP contribution in [0, 0.1) is 18.6 Å². The molecular weight excluding hydrogens is 260 g/mol. The van der Waals surface area contributed by atoms with Gasteiger partial charge in [0.2, 0.25) is 0 Å². The molecule has 0 aromatic heterocycles. The lowest BCUT2D eigenvalue weighted by molar-refractivity contribution is 0.395. The number of benzene rings is 2. The van der Waals surface area contributed by atoms with E-state index >= 15 is 0 Å². The van der Waals surface area contributed by atoms with Crippen LogP contribution >= 0.6 is 0 Å². The van der Waals surface area contributed by atoms with Crippen LogP contribution in [0.2, 0.25) is 0 Å². The quantitative estimate of drug-likeness (QED) is 0.913. The van der Waals surface area contributed by atoms with Crippen molar-refractivity contribution in [3.8, 4) is 5.75 Å². The molecule has 0 atom stereocenters. The summed E-state index contributed by atoms with van der Waals surface area (Å²) in [4.78, 5) is 2.01. The van der Waals surface area contributed by atoms with Gasteiger partial charge in [-0.05, 0) is 49.2 Å².